The summed E-state index contributed by atoms with van der Waals surface area (Å²) < 4.78 is 9.71. The Morgan fingerprint density at radius 2 is 1.79 bits per heavy atom. The monoisotopic (exact) mass is 340 g/mol. The fourth-order valence-electron chi connectivity index (χ4n) is 3.28. The largest absolute Gasteiger partial charge is 0.454 e. The zero-order valence-electron chi connectivity index (χ0n) is 14.1. The number of carbonyl (C=O) groups excluding carboxylic acids is 4. The van der Waals surface area contributed by atoms with E-state index in [1.807, 2.05) is 0 Å². The van der Waals surface area contributed by atoms with Crippen molar-refractivity contribution in [3.8, 4) is 0 Å². The number of imide groups is 1. The van der Waals surface area contributed by atoms with Crippen molar-refractivity contribution in [3.63, 3.8) is 0 Å². The Hall–Kier alpha value is -1.96. The summed E-state index contributed by atoms with van der Waals surface area (Å²) in [6.07, 6.45) is 3.23. The highest BCUT2D eigenvalue weighted by atomic mass is 16.5. The molecule has 1 aliphatic carbocycles. The van der Waals surface area contributed by atoms with Gasteiger partial charge in [0.2, 0.25) is 11.8 Å². The van der Waals surface area contributed by atoms with Crippen molar-refractivity contribution >= 4 is 23.7 Å². The summed E-state index contributed by atoms with van der Waals surface area (Å²) in [5.41, 5.74) is 0. The van der Waals surface area contributed by atoms with Gasteiger partial charge in [-0.05, 0) is 19.8 Å². The van der Waals surface area contributed by atoms with Gasteiger partial charge in [0.15, 0.2) is 6.61 Å². The molecule has 3 atom stereocenters. The van der Waals surface area contributed by atoms with Crippen LogP contribution in [0, 0.1) is 11.8 Å². The van der Waals surface area contributed by atoms with Crippen molar-refractivity contribution in [3.05, 3.63) is 0 Å². The Morgan fingerprint density at radius 1 is 1.21 bits per heavy atom. The number of amides is 3. The lowest BCUT2D eigenvalue weighted by molar-refractivity contribution is -0.159. The Morgan fingerprint density at radius 3 is 2.33 bits per heavy atom. The van der Waals surface area contributed by atoms with Crippen LogP contribution in [0.3, 0.4) is 0 Å². The molecule has 2 aliphatic rings. The topological polar surface area (TPSA) is 102 Å². The van der Waals surface area contributed by atoms with E-state index in [9.17, 15) is 19.2 Å². The van der Waals surface area contributed by atoms with E-state index < -0.39 is 24.5 Å². The van der Waals surface area contributed by atoms with Gasteiger partial charge in [-0.1, -0.05) is 12.8 Å². The van der Waals surface area contributed by atoms with Gasteiger partial charge in [-0.3, -0.25) is 19.3 Å². The number of rotatable bonds is 7. The van der Waals surface area contributed by atoms with E-state index >= 15 is 0 Å². The first-order chi connectivity index (χ1) is 11.5. The number of hydrogen-bond acceptors (Lipinski definition) is 6. The van der Waals surface area contributed by atoms with Gasteiger partial charge in [0, 0.05) is 13.7 Å². The minimum atomic E-state index is -1.01. The van der Waals surface area contributed by atoms with E-state index in [1.165, 1.54) is 14.0 Å². The zero-order valence-corrected chi connectivity index (χ0v) is 14.1. The van der Waals surface area contributed by atoms with Crippen molar-refractivity contribution < 1.29 is 28.7 Å². The van der Waals surface area contributed by atoms with Gasteiger partial charge in [-0.2, -0.15) is 0 Å². The number of fused-ring (bicyclic) bond motifs is 1. The second-order valence-corrected chi connectivity index (χ2v) is 6.17. The summed E-state index contributed by atoms with van der Waals surface area (Å²) in [5.74, 6) is -2.41. The van der Waals surface area contributed by atoms with Gasteiger partial charge >= 0.3 is 5.97 Å². The number of nitrogens with zero attached hydrogens (tertiary/aromatic N) is 1. The van der Waals surface area contributed by atoms with Crippen molar-refractivity contribution in [1.82, 2.24) is 10.2 Å². The zero-order chi connectivity index (χ0) is 17.7. The highest BCUT2D eigenvalue weighted by Gasteiger charge is 2.51. The normalized spacial score (nSPS) is 24.5. The summed E-state index contributed by atoms with van der Waals surface area (Å²) >= 11 is 0. The molecule has 0 radical (unpaired) electrons. The molecule has 0 unspecified atom stereocenters. The first-order valence-electron chi connectivity index (χ1n) is 8.26. The van der Waals surface area contributed by atoms with Crippen LogP contribution in [0.4, 0.5) is 0 Å². The molecule has 1 heterocycles. The molecule has 0 bridgehead atoms. The molecule has 0 aromatic carbocycles. The molecule has 1 saturated carbocycles. The van der Waals surface area contributed by atoms with Gasteiger partial charge < -0.3 is 14.8 Å². The van der Waals surface area contributed by atoms with Crippen LogP contribution in [-0.2, 0) is 28.7 Å². The SMILES string of the molecule is COCCNC(=O)COC(=O)[C@H](C)N1C(=O)[C@H]2CCCC[C@H]2C1=O. The Balaban J connectivity index is 1.87. The minimum absolute atomic E-state index is 0.293. The molecular formula is C16H24N2O6. The lowest BCUT2D eigenvalue weighted by Crippen LogP contribution is -2.45. The minimum Gasteiger partial charge on any atom is -0.454 e. The molecule has 0 aromatic heterocycles. The van der Waals surface area contributed by atoms with E-state index in [-0.39, 0.29) is 23.7 Å². The Labute approximate surface area is 140 Å². The number of ether oxygens (including phenoxy) is 2. The molecule has 1 N–H and O–H groups in total. The van der Waals surface area contributed by atoms with Crippen molar-refractivity contribution in [1.29, 1.82) is 0 Å². The van der Waals surface area contributed by atoms with E-state index in [0.29, 0.717) is 26.0 Å². The second-order valence-electron chi connectivity index (χ2n) is 6.17. The predicted octanol–water partition coefficient (Wildman–Crippen LogP) is -0.144. The molecule has 134 valence electrons. The average Bonchev–Trinajstić information content (AvgIpc) is 2.84. The molecule has 0 aromatic rings. The molecule has 0 spiro atoms. The third kappa shape index (κ3) is 3.92. The maximum absolute atomic E-state index is 12.4. The Bertz CT molecular complexity index is 497. The molecule has 8 heteroatoms. The molecule has 2 rings (SSSR count). The van der Waals surface area contributed by atoms with Crippen LogP contribution in [0.1, 0.15) is 32.6 Å². The number of esters is 1. The van der Waals surface area contributed by atoms with Crippen molar-refractivity contribution in [2.24, 2.45) is 11.8 Å². The van der Waals surface area contributed by atoms with Crippen LogP contribution < -0.4 is 5.32 Å². The summed E-state index contributed by atoms with van der Waals surface area (Å²) in [7, 11) is 1.51. The van der Waals surface area contributed by atoms with Crippen LogP contribution in [0.5, 0.6) is 0 Å². The average molecular weight is 340 g/mol. The quantitative estimate of drug-likeness (QED) is 0.393. The van der Waals surface area contributed by atoms with Gasteiger partial charge in [0.1, 0.15) is 6.04 Å². The number of carbonyl (C=O) groups is 4. The predicted molar refractivity (Wildman–Crippen MR) is 82.6 cm³/mol. The van der Waals surface area contributed by atoms with Crippen molar-refractivity contribution in [2.45, 2.75) is 38.6 Å². The van der Waals surface area contributed by atoms with Gasteiger partial charge in [0.05, 0.1) is 18.4 Å². The number of methoxy groups -OCH3 is 1. The van der Waals surface area contributed by atoms with Crippen molar-refractivity contribution in [2.75, 3.05) is 26.9 Å². The highest BCUT2D eigenvalue weighted by Crippen LogP contribution is 2.38. The first kappa shape index (κ1) is 18.4. The number of likely N-dealkylation sites (tertiary alicyclic amines) is 1. The highest BCUT2D eigenvalue weighted by molar-refractivity contribution is 6.07. The molecule has 24 heavy (non-hydrogen) atoms. The number of hydrogen-bond donors (Lipinski definition) is 1. The van der Waals surface area contributed by atoms with Gasteiger partial charge in [-0.25, -0.2) is 4.79 Å². The molecule has 3 amide bonds. The molecule has 8 nitrogen and oxygen atoms in total. The fraction of sp³-hybridized carbons (Fsp3) is 0.750. The van der Waals surface area contributed by atoms with E-state index in [4.69, 9.17) is 9.47 Å². The third-order valence-corrected chi connectivity index (χ3v) is 4.58. The van der Waals surface area contributed by atoms with Gasteiger partial charge in [-0.15, -0.1) is 0 Å². The lowest BCUT2D eigenvalue weighted by Gasteiger charge is -2.21. The van der Waals surface area contributed by atoms with E-state index in [0.717, 1.165) is 17.7 Å². The fourth-order valence-corrected chi connectivity index (χ4v) is 3.28. The standard InChI is InChI=1S/C16H24N2O6/c1-10(16(22)24-9-13(19)17-7-8-23-2)18-14(20)11-5-3-4-6-12(11)15(18)21/h10-12H,3-9H2,1-2H3,(H,17,19)/t10-,11-,12+/m0/s1. The van der Waals surface area contributed by atoms with E-state index in [1.54, 1.807) is 0 Å². The van der Waals surface area contributed by atoms with Crippen LogP contribution in [0.25, 0.3) is 0 Å². The van der Waals surface area contributed by atoms with Crippen LogP contribution in [-0.4, -0.2) is 61.5 Å². The second kappa shape index (κ2) is 8.23. The Kier molecular flexibility index (Phi) is 6.30. The summed E-state index contributed by atoms with van der Waals surface area (Å²) in [6.45, 7) is 1.68. The number of nitrogens with one attached hydrogen (secondary N) is 1. The molecule has 2 fully saturated rings. The van der Waals surface area contributed by atoms with Crippen LogP contribution in [0.15, 0.2) is 0 Å². The van der Waals surface area contributed by atoms with Gasteiger partial charge in [0.25, 0.3) is 5.91 Å². The first-order valence-corrected chi connectivity index (χ1v) is 8.26. The third-order valence-electron chi connectivity index (χ3n) is 4.58. The summed E-state index contributed by atoms with van der Waals surface area (Å²) in [4.78, 5) is 49.4. The smallest absolute Gasteiger partial charge is 0.329 e. The van der Waals surface area contributed by atoms with E-state index in [2.05, 4.69) is 5.32 Å². The molecule has 1 aliphatic heterocycles. The summed E-state index contributed by atoms with van der Waals surface area (Å²) in [5, 5.41) is 2.52. The maximum Gasteiger partial charge on any atom is 0.329 e. The maximum atomic E-state index is 12.4. The lowest BCUT2D eigenvalue weighted by atomic mass is 9.81. The summed E-state index contributed by atoms with van der Waals surface area (Å²) in [6, 6.07) is -1.01. The van der Waals surface area contributed by atoms with Crippen LogP contribution >= 0.6 is 0 Å². The van der Waals surface area contributed by atoms with Crippen LogP contribution in [0.2, 0.25) is 0 Å². The molecule has 1 saturated heterocycles. The molecular weight excluding hydrogens is 316 g/mol.